The fourth-order valence-electron chi connectivity index (χ4n) is 1.86. The van der Waals surface area contributed by atoms with Crippen LogP contribution < -0.4 is 5.73 Å². The number of nitro benzene ring substituents is 1. The predicted molar refractivity (Wildman–Crippen MR) is 65.2 cm³/mol. The van der Waals surface area contributed by atoms with Crippen molar-refractivity contribution >= 4 is 22.4 Å². The lowest BCUT2D eigenvalue weighted by molar-refractivity contribution is -0.383. The Hall–Kier alpha value is -2.47. The molecule has 2 aromatic rings. The van der Waals surface area contributed by atoms with Crippen LogP contribution in [-0.2, 0) is 4.79 Å². The lowest BCUT2D eigenvalue weighted by Gasteiger charge is -2.09. The van der Waals surface area contributed by atoms with E-state index in [4.69, 9.17) is 10.8 Å². The third-order valence-corrected chi connectivity index (χ3v) is 2.72. The van der Waals surface area contributed by atoms with Gasteiger partial charge in [-0.15, -0.1) is 0 Å². The molecule has 0 saturated heterocycles. The number of hydrogen-bond acceptors (Lipinski definition) is 4. The van der Waals surface area contributed by atoms with Gasteiger partial charge >= 0.3 is 5.97 Å². The normalized spacial score (nSPS) is 12.3. The van der Waals surface area contributed by atoms with Crippen molar-refractivity contribution in [3.63, 3.8) is 0 Å². The summed E-state index contributed by atoms with van der Waals surface area (Å²) in [6.07, 6.45) is 0. The molecule has 6 heteroatoms. The predicted octanol–water partition coefficient (Wildman–Crippen LogP) is 1.83. The maximum Gasteiger partial charge on any atom is 0.325 e. The summed E-state index contributed by atoms with van der Waals surface area (Å²) in [7, 11) is 0. The van der Waals surface area contributed by atoms with Gasteiger partial charge in [-0.25, -0.2) is 0 Å². The van der Waals surface area contributed by atoms with Crippen molar-refractivity contribution in [3.8, 4) is 0 Å². The minimum absolute atomic E-state index is 0.00574. The monoisotopic (exact) mass is 246 g/mol. The van der Waals surface area contributed by atoms with Crippen LogP contribution in [0, 0.1) is 10.1 Å². The lowest BCUT2D eigenvalue weighted by atomic mass is 9.99. The molecule has 0 heterocycles. The molecule has 0 aliphatic rings. The molecule has 0 unspecified atom stereocenters. The lowest BCUT2D eigenvalue weighted by Crippen LogP contribution is -2.21. The second-order valence-electron chi connectivity index (χ2n) is 3.80. The molecule has 0 radical (unpaired) electrons. The van der Waals surface area contributed by atoms with Gasteiger partial charge in [0.1, 0.15) is 6.04 Å². The van der Waals surface area contributed by atoms with E-state index in [2.05, 4.69) is 0 Å². The Morgan fingerprint density at radius 1 is 1.28 bits per heavy atom. The van der Waals surface area contributed by atoms with Gasteiger partial charge in [-0.2, -0.15) is 0 Å². The minimum atomic E-state index is -1.41. The number of hydrogen-bond donors (Lipinski definition) is 2. The van der Waals surface area contributed by atoms with Crippen LogP contribution in [0.4, 0.5) is 5.69 Å². The molecule has 1 atom stereocenters. The number of nitrogens with zero attached hydrogens (tertiary/aromatic N) is 1. The molecule has 0 saturated carbocycles. The number of aliphatic carboxylic acids is 1. The molecule has 0 aliphatic heterocycles. The smallest absolute Gasteiger partial charge is 0.325 e. The van der Waals surface area contributed by atoms with Crippen molar-refractivity contribution in [2.45, 2.75) is 6.04 Å². The van der Waals surface area contributed by atoms with E-state index >= 15 is 0 Å². The maximum atomic E-state index is 11.1. The van der Waals surface area contributed by atoms with Gasteiger partial charge in [0.05, 0.1) is 15.9 Å². The molecule has 2 aromatic carbocycles. The Bertz CT molecular complexity index is 639. The largest absolute Gasteiger partial charge is 0.480 e. The molecule has 0 aromatic heterocycles. The van der Waals surface area contributed by atoms with E-state index in [1.165, 1.54) is 6.07 Å². The first-order valence-corrected chi connectivity index (χ1v) is 5.17. The molecule has 18 heavy (non-hydrogen) atoms. The quantitative estimate of drug-likeness (QED) is 0.634. The van der Waals surface area contributed by atoms with Crippen LogP contribution in [0.5, 0.6) is 0 Å². The second-order valence-corrected chi connectivity index (χ2v) is 3.80. The second kappa shape index (κ2) is 4.42. The third kappa shape index (κ3) is 1.89. The van der Waals surface area contributed by atoms with Gasteiger partial charge in [-0.05, 0) is 17.5 Å². The highest BCUT2D eigenvalue weighted by Gasteiger charge is 2.26. The van der Waals surface area contributed by atoms with E-state index in [0.717, 1.165) is 0 Å². The van der Waals surface area contributed by atoms with Crippen molar-refractivity contribution in [1.82, 2.24) is 0 Å². The molecular weight excluding hydrogens is 236 g/mol. The number of rotatable bonds is 3. The third-order valence-electron chi connectivity index (χ3n) is 2.72. The Labute approximate surface area is 102 Å². The van der Waals surface area contributed by atoms with Crippen molar-refractivity contribution in [2.75, 3.05) is 0 Å². The summed E-state index contributed by atoms with van der Waals surface area (Å²) >= 11 is 0. The molecule has 0 aliphatic carbocycles. The number of carboxylic acid groups (broad SMARTS) is 1. The summed E-state index contributed by atoms with van der Waals surface area (Å²) in [6, 6.07) is 8.31. The van der Waals surface area contributed by atoms with E-state index in [0.29, 0.717) is 10.8 Å². The molecule has 0 spiro atoms. The topological polar surface area (TPSA) is 106 Å². The Balaban J connectivity index is 2.78. The van der Waals surface area contributed by atoms with E-state index in [1.807, 2.05) is 0 Å². The molecular formula is C12H10N2O4. The SMILES string of the molecule is N[C@H](C(=O)O)c1ccc2ccccc2c1[N+](=O)[O-]. The highest BCUT2D eigenvalue weighted by atomic mass is 16.6. The highest BCUT2D eigenvalue weighted by molar-refractivity contribution is 5.94. The standard InChI is InChI=1S/C12H10N2O4/c13-10(12(15)16)9-6-5-7-3-1-2-4-8(7)11(9)14(17)18/h1-6,10H,13H2,(H,15,16)/t10-/m0/s1. The first kappa shape index (κ1) is 12.0. The van der Waals surface area contributed by atoms with Crippen LogP contribution >= 0.6 is 0 Å². The first-order chi connectivity index (χ1) is 8.52. The van der Waals surface area contributed by atoms with Gasteiger partial charge in [0.25, 0.3) is 5.69 Å². The van der Waals surface area contributed by atoms with Crippen molar-refractivity contribution < 1.29 is 14.8 Å². The molecule has 0 bridgehead atoms. The Morgan fingerprint density at radius 3 is 2.56 bits per heavy atom. The summed E-state index contributed by atoms with van der Waals surface area (Å²) in [5.41, 5.74) is 5.22. The summed E-state index contributed by atoms with van der Waals surface area (Å²) in [4.78, 5) is 21.4. The van der Waals surface area contributed by atoms with Crippen LogP contribution in [0.15, 0.2) is 36.4 Å². The first-order valence-electron chi connectivity index (χ1n) is 5.17. The fourth-order valence-corrected chi connectivity index (χ4v) is 1.86. The van der Waals surface area contributed by atoms with Crippen molar-refractivity contribution in [1.29, 1.82) is 0 Å². The average Bonchev–Trinajstić information content (AvgIpc) is 2.36. The van der Waals surface area contributed by atoms with Crippen LogP contribution in [0.1, 0.15) is 11.6 Å². The number of nitrogens with two attached hydrogens (primary N) is 1. The van der Waals surface area contributed by atoms with E-state index in [1.54, 1.807) is 30.3 Å². The van der Waals surface area contributed by atoms with Gasteiger partial charge in [0.15, 0.2) is 0 Å². The zero-order chi connectivity index (χ0) is 13.3. The molecule has 0 amide bonds. The average molecular weight is 246 g/mol. The van der Waals surface area contributed by atoms with E-state index < -0.39 is 16.9 Å². The fraction of sp³-hybridized carbons (Fsp3) is 0.0833. The molecule has 3 N–H and O–H groups in total. The summed E-state index contributed by atoms with van der Waals surface area (Å²) in [5, 5.41) is 21.0. The molecule has 0 fully saturated rings. The van der Waals surface area contributed by atoms with E-state index in [-0.39, 0.29) is 11.3 Å². The molecule has 2 rings (SSSR count). The summed E-state index contributed by atoms with van der Waals surface area (Å²) in [5.74, 6) is -1.30. The number of nitro groups is 1. The zero-order valence-corrected chi connectivity index (χ0v) is 9.24. The van der Waals surface area contributed by atoms with E-state index in [9.17, 15) is 14.9 Å². The van der Waals surface area contributed by atoms with Crippen LogP contribution in [0.25, 0.3) is 10.8 Å². The molecule has 6 nitrogen and oxygen atoms in total. The van der Waals surface area contributed by atoms with Gasteiger partial charge in [0.2, 0.25) is 0 Å². The molecule has 92 valence electrons. The van der Waals surface area contributed by atoms with Crippen LogP contribution in [0.2, 0.25) is 0 Å². The van der Waals surface area contributed by atoms with Gasteiger partial charge in [0, 0.05) is 0 Å². The maximum absolute atomic E-state index is 11.1. The Kier molecular flexibility index (Phi) is 2.95. The summed E-state index contributed by atoms with van der Waals surface area (Å²) in [6.45, 7) is 0. The Morgan fingerprint density at radius 2 is 1.94 bits per heavy atom. The minimum Gasteiger partial charge on any atom is -0.480 e. The van der Waals surface area contributed by atoms with Crippen molar-refractivity contribution in [3.05, 3.63) is 52.1 Å². The van der Waals surface area contributed by atoms with Gasteiger partial charge < -0.3 is 10.8 Å². The number of carbonyl (C=O) groups is 1. The van der Waals surface area contributed by atoms with Crippen LogP contribution in [-0.4, -0.2) is 16.0 Å². The van der Waals surface area contributed by atoms with Gasteiger partial charge in [-0.3, -0.25) is 14.9 Å². The van der Waals surface area contributed by atoms with Crippen molar-refractivity contribution in [2.24, 2.45) is 5.73 Å². The number of fused-ring (bicyclic) bond motifs is 1. The number of carboxylic acids is 1. The number of benzene rings is 2. The summed E-state index contributed by atoms with van der Waals surface area (Å²) < 4.78 is 0. The zero-order valence-electron chi connectivity index (χ0n) is 9.24. The van der Waals surface area contributed by atoms with Crippen LogP contribution in [0.3, 0.4) is 0 Å². The van der Waals surface area contributed by atoms with Gasteiger partial charge in [-0.1, -0.05) is 24.3 Å². The highest BCUT2D eigenvalue weighted by Crippen LogP contribution is 2.32.